The molecule has 1 heterocycles. The molecule has 0 bridgehead atoms. The minimum atomic E-state index is -0.261. The third-order valence-corrected chi connectivity index (χ3v) is 2.74. The van der Waals surface area contributed by atoms with Gasteiger partial charge < -0.3 is 5.73 Å². The molecule has 76 valence electrons. The van der Waals surface area contributed by atoms with Gasteiger partial charge in [-0.25, -0.2) is 4.98 Å². The maximum atomic E-state index is 6.02. The average Bonchev–Trinajstić information content (AvgIpc) is 2.97. The molecule has 0 amide bonds. The highest BCUT2D eigenvalue weighted by molar-refractivity contribution is 5.18. The van der Waals surface area contributed by atoms with E-state index in [4.69, 9.17) is 5.73 Å². The van der Waals surface area contributed by atoms with Crippen molar-refractivity contribution in [2.75, 3.05) is 0 Å². The van der Waals surface area contributed by atoms with Crippen LogP contribution in [-0.2, 0) is 18.4 Å². The first-order valence-corrected chi connectivity index (χ1v) is 5.21. The molecule has 1 aliphatic carbocycles. The van der Waals surface area contributed by atoms with Crippen molar-refractivity contribution in [3.8, 4) is 0 Å². The normalized spacial score (nSPS) is 18.2. The topological polar surface area (TPSA) is 64.7 Å². The van der Waals surface area contributed by atoms with Gasteiger partial charge in [0.05, 0.1) is 16.9 Å². The van der Waals surface area contributed by atoms with Crippen molar-refractivity contribution in [3.05, 3.63) is 17.2 Å². The van der Waals surface area contributed by atoms with Gasteiger partial charge in [0.2, 0.25) is 0 Å². The summed E-state index contributed by atoms with van der Waals surface area (Å²) in [5.74, 6) is 0.728. The van der Waals surface area contributed by atoms with Crippen LogP contribution in [0, 0.1) is 0 Å². The molecule has 0 radical (unpaired) electrons. The predicted molar refractivity (Wildman–Crippen MR) is 53.7 cm³/mol. The first-order valence-electron chi connectivity index (χ1n) is 5.21. The lowest BCUT2D eigenvalue weighted by Crippen LogP contribution is -2.24. The Labute approximate surface area is 83.9 Å². The van der Waals surface area contributed by atoms with Gasteiger partial charge in [-0.15, -0.1) is 5.10 Å². The lowest BCUT2D eigenvalue weighted by Gasteiger charge is -2.09. The summed E-state index contributed by atoms with van der Waals surface area (Å²) in [6.07, 6.45) is 3.77. The maximum Gasteiger partial charge on any atom is 0.171 e. The number of hydrogen-bond acceptors (Lipinski definition) is 4. The van der Waals surface area contributed by atoms with E-state index in [2.05, 4.69) is 29.0 Å². The molecule has 1 saturated carbocycles. The second-order valence-corrected chi connectivity index (χ2v) is 3.89. The zero-order chi connectivity index (χ0) is 10.2. The van der Waals surface area contributed by atoms with E-state index >= 15 is 0 Å². The average molecular weight is 192 g/mol. The van der Waals surface area contributed by atoms with Crippen molar-refractivity contribution in [2.24, 2.45) is 5.73 Å². The highest BCUT2D eigenvalue weighted by atomic mass is 15.2. The summed E-state index contributed by atoms with van der Waals surface area (Å²) in [7, 11) is 0. The molecule has 2 rings (SSSR count). The van der Waals surface area contributed by atoms with Crippen LogP contribution in [0.15, 0.2) is 0 Å². The summed E-state index contributed by atoms with van der Waals surface area (Å²) >= 11 is 0. The Morgan fingerprint density at radius 2 is 1.79 bits per heavy atom. The number of aromatic nitrogens is 3. The molecule has 4 nitrogen and oxygen atoms in total. The number of nitrogens with two attached hydrogens (primary N) is 1. The van der Waals surface area contributed by atoms with Crippen LogP contribution in [0.4, 0.5) is 0 Å². The van der Waals surface area contributed by atoms with Crippen molar-refractivity contribution >= 4 is 0 Å². The van der Waals surface area contributed by atoms with E-state index in [1.54, 1.807) is 0 Å². The second-order valence-electron chi connectivity index (χ2n) is 3.89. The quantitative estimate of drug-likeness (QED) is 0.774. The van der Waals surface area contributed by atoms with Gasteiger partial charge in [-0.05, 0) is 25.7 Å². The van der Waals surface area contributed by atoms with E-state index in [1.165, 1.54) is 0 Å². The Hall–Kier alpha value is -1.03. The van der Waals surface area contributed by atoms with Crippen molar-refractivity contribution in [1.82, 2.24) is 15.2 Å². The zero-order valence-corrected chi connectivity index (χ0v) is 8.75. The van der Waals surface area contributed by atoms with Gasteiger partial charge in [-0.1, -0.05) is 13.8 Å². The molecule has 0 aromatic carbocycles. The third-order valence-electron chi connectivity index (χ3n) is 2.74. The summed E-state index contributed by atoms with van der Waals surface area (Å²) in [6.45, 7) is 4.16. The fourth-order valence-electron chi connectivity index (χ4n) is 1.51. The largest absolute Gasteiger partial charge is 0.319 e. The Bertz CT molecular complexity index is 344. The van der Waals surface area contributed by atoms with Crippen LogP contribution in [0.1, 0.15) is 43.9 Å². The Morgan fingerprint density at radius 1 is 1.14 bits per heavy atom. The van der Waals surface area contributed by atoms with Crippen LogP contribution in [0.25, 0.3) is 0 Å². The molecule has 1 aliphatic rings. The van der Waals surface area contributed by atoms with E-state index in [1.807, 2.05) is 0 Å². The molecule has 4 heteroatoms. The molecule has 14 heavy (non-hydrogen) atoms. The lowest BCUT2D eigenvalue weighted by molar-refractivity contribution is 0.628. The fourth-order valence-corrected chi connectivity index (χ4v) is 1.51. The molecular formula is C10H16N4. The molecule has 1 aromatic heterocycles. The summed E-state index contributed by atoms with van der Waals surface area (Å²) in [5.41, 5.74) is 7.81. The monoisotopic (exact) mass is 192 g/mol. The smallest absolute Gasteiger partial charge is 0.171 e. The van der Waals surface area contributed by atoms with Crippen LogP contribution >= 0.6 is 0 Å². The van der Waals surface area contributed by atoms with Gasteiger partial charge in [0.1, 0.15) is 0 Å². The van der Waals surface area contributed by atoms with Crippen LogP contribution in [-0.4, -0.2) is 15.2 Å². The van der Waals surface area contributed by atoms with Crippen LogP contribution < -0.4 is 5.73 Å². The highest BCUT2D eigenvalue weighted by Gasteiger charge is 2.43. The van der Waals surface area contributed by atoms with Crippen molar-refractivity contribution < 1.29 is 0 Å². The third kappa shape index (κ3) is 1.50. The highest BCUT2D eigenvalue weighted by Crippen LogP contribution is 2.40. The second kappa shape index (κ2) is 3.28. The molecule has 1 aromatic rings. The van der Waals surface area contributed by atoms with Gasteiger partial charge in [0.15, 0.2) is 5.82 Å². The molecule has 0 saturated heterocycles. The Kier molecular flexibility index (Phi) is 2.23. The van der Waals surface area contributed by atoms with Crippen molar-refractivity contribution in [2.45, 2.75) is 45.1 Å². The van der Waals surface area contributed by atoms with E-state index in [-0.39, 0.29) is 5.54 Å². The number of aryl methyl sites for hydroxylation is 2. The molecule has 2 N–H and O–H groups in total. The van der Waals surface area contributed by atoms with Crippen molar-refractivity contribution in [3.63, 3.8) is 0 Å². The van der Waals surface area contributed by atoms with E-state index < -0.39 is 0 Å². The predicted octanol–water partition coefficient (Wildman–Crippen LogP) is 0.944. The van der Waals surface area contributed by atoms with E-state index in [0.29, 0.717) is 0 Å². The minimum Gasteiger partial charge on any atom is -0.319 e. The molecule has 0 atom stereocenters. The molecule has 0 spiro atoms. The maximum absolute atomic E-state index is 6.02. The molecule has 0 aliphatic heterocycles. The molecular weight excluding hydrogens is 176 g/mol. The van der Waals surface area contributed by atoms with Gasteiger partial charge in [-0.2, -0.15) is 5.10 Å². The summed E-state index contributed by atoms with van der Waals surface area (Å²) in [4.78, 5) is 4.50. The van der Waals surface area contributed by atoms with Gasteiger partial charge in [0, 0.05) is 0 Å². The zero-order valence-electron chi connectivity index (χ0n) is 8.75. The van der Waals surface area contributed by atoms with E-state index in [0.717, 1.165) is 42.9 Å². The Morgan fingerprint density at radius 3 is 2.29 bits per heavy atom. The number of nitrogens with zero attached hydrogens (tertiary/aromatic N) is 3. The SMILES string of the molecule is CCc1nnc(C2(N)CC2)nc1CC. The molecule has 0 unspecified atom stereocenters. The van der Waals surface area contributed by atoms with Gasteiger partial charge in [0.25, 0.3) is 0 Å². The number of hydrogen-bond donors (Lipinski definition) is 1. The standard InChI is InChI=1S/C10H16N4/c1-3-7-8(4-2)13-14-9(12-7)10(11)5-6-10/h3-6,11H2,1-2H3. The van der Waals surface area contributed by atoms with Gasteiger partial charge >= 0.3 is 0 Å². The summed E-state index contributed by atoms with van der Waals surface area (Å²) in [5, 5.41) is 8.29. The van der Waals surface area contributed by atoms with Gasteiger partial charge in [-0.3, -0.25) is 0 Å². The van der Waals surface area contributed by atoms with Crippen LogP contribution in [0.3, 0.4) is 0 Å². The van der Waals surface area contributed by atoms with Crippen molar-refractivity contribution in [1.29, 1.82) is 0 Å². The fraction of sp³-hybridized carbons (Fsp3) is 0.700. The first kappa shape index (κ1) is 9.52. The Balaban J connectivity index is 2.36. The summed E-state index contributed by atoms with van der Waals surface area (Å²) < 4.78 is 0. The minimum absolute atomic E-state index is 0.261. The van der Waals surface area contributed by atoms with Crippen LogP contribution in [0.2, 0.25) is 0 Å². The van der Waals surface area contributed by atoms with Crippen LogP contribution in [0.5, 0.6) is 0 Å². The number of rotatable bonds is 3. The first-order chi connectivity index (χ1) is 6.69. The molecule has 1 fully saturated rings. The lowest BCUT2D eigenvalue weighted by atomic mass is 10.2. The summed E-state index contributed by atoms with van der Waals surface area (Å²) in [6, 6.07) is 0. The van der Waals surface area contributed by atoms with E-state index in [9.17, 15) is 0 Å².